The molecular weight excluding hydrogens is 380 g/mol. The Bertz CT molecular complexity index is 884. The van der Waals surface area contributed by atoms with Crippen LogP contribution in [0.25, 0.3) is 6.08 Å². The van der Waals surface area contributed by atoms with Crippen molar-refractivity contribution in [2.24, 2.45) is 11.0 Å². The van der Waals surface area contributed by atoms with Crippen molar-refractivity contribution in [2.75, 3.05) is 0 Å². The SMILES string of the molecule is O=C(O)CCC(=O)N1N=C2/C(=C/c3cccs3)CCC[C@@H]2[C@@H]1c1cccs1. The zero-order valence-electron chi connectivity index (χ0n) is 14.7. The summed E-state index contributed by atoms with van der Waals surface area (Å²) in [5.41, 5.74) is 2.19. The molecule has 4 rings (SSSR count). The van der Waals surface area contributed by atoms with E-state index in [1.54, 1.807) is 27.7 Å². The maximum atomic E-state index is 12.8. The first-order valence-corrected chi connectivity index (χ1v) is 10.8. The van der Waals surface area contributed by atoms with Crippen LogP contribution in [0.5, 0.6) is 0 Å². The van der Waals surface area contributed by atoms with Crippen LogP contribution in [0.4, 0.5) is 0 Å². The summed E-state index contributed by atoms with van der Waals surface area (Å²) >= 11 is 3.32. The molecule has 0 saturated heterocycles. The smallest absolute Gasteiger partial charge is 0.303 e. The predicted molar refractivity (Wildman–Crippen MR) is 108 cm³/mol. The first-order chi connectivity index (χ1) is 13.1. The summed E-state index contributed by atoms with van der Waals surface area (Å²) in [5, 5.41) is 19.3. The highest BCUT2D eigenvalue weighted by atomic mass is 32.1. The fourth-order valence-electron chi connectivity index (χ4n) is 3.82. The van der Waals surface area contributed by atoms with Crippen LogP contribution < -0.4 is 0 Å². The summed E-state index contributed by atoms with van der Waals surface area (Å²) in [4.78, 5) is 26.0. The molecule has 0 aromatic carbocycles. The quantitative estimate of drug-likeness (QED) is 0.784. The number of hydrogen-bond acceptors (Lipinski definition) is 5. The molecule has 1 aliphatic heterocycles. The third-order valence-electron chi connectivity index (χ3n) is 5.00. The highest BCUT2D eigenvalue weighted by Crippen LogP contribution is 2.45. The molecule has 2 aliphatic rings. The number of nitrogens with zero attached hydrogens (tertiary/aromatic N) is 2. The molecule has 0 spiro atoms. The fourth-order valence-corrected chi connectivity index (χ4v) is 5.38. The fraction of sp³-hybridized carbons (Fsp3) is 0.350. The van der Waals surface area contributed by atoms with Crippen molar-refractivity contribution >= 4 is 46.3 Å². The van der Waals surface area contributed by atoms with Crippen molar-refractivity contribution in [1.82, 2.24) is 5.01 Å². The van der Waals surface area contributed by atoms with Gasteiger partial charge in [0.2, 0.25) is 5.91 Å². The van der Waals surface area contributed by atoms with Crippen molar-refractivity contribution in [1.29, 1.82) is 0 Å². The van der Waals surface area contributed by atoms with E-state index in [2.05, 4.69) is 17.5 Å². The number of allylic oxidation sites excluding steroid dienone is 1. The third-order valence-corrected chi connectivity index (χ3v) is 6.77. The molecule has 1 fully saturated rings. The largest absolute Gasteiger partial charge is 0.481 e. The third kappa shape index (κ3) is 3.75. The van der Waals surface area contributed by atoms with Crippen molar-refractivity contribution in [3.8, 4) is 0 Å². The second-order valence-corrected chi connectivity index (χ2v) is 8.72. The Kier molecular flexibility index (Phi) is 5.22. The average molecular weight is 401 g/mol. The first kappa shape index (κ1) is 18.1. The number of carbonyl (C=O) groups excluding carboxylic acids is 1. The number of thiophene rings is 2. The Morgan fingerprint density at radius 1 is 1.22 bits per heavy atom. The standard InChI is InChI=1S/C20H20N2O3S2/c23-17(8-9-18(24)25)22-20(16-7-3-11-27-16)15-6-1-4-13(19(15)21-22)12-14-5-2-10-26-14/h2-3,5,7,10-12,15,20H,1,4,6,8-9H2,(H,24,25)/b13-12+/t15-,20+/m0/s1. The predicted octanol–water partition coefficient (Wildman–Crippen LogP) is 4.80. The van der Waals surface area contributed by atoms with Gasteiger partial charge in [-0.15, -0.1) is 22.7 Å². The van der Waals surface area contributed by atoms with E-state index in [0.717, 1.165) is 29.9 Å². The normalized spacial score (nSPS) is 23.3. The molecular formula is C20H20N2O3S2. The van der Waals surface area contributed by atoms with Gasteiger partial charge in [0.05, 0.1) is 18.2 Å². The summed E-state index contributed by atoms with van der Waals surface area (Å²) in [5.74, 6) is -0.996. The molecule has 1 amide bonds. The van der Waals surface area contributed by atoms with Crippen LogP contribution in [-0.2, 0) is 9.59 Å². The molecule has 2 atom stereocenters. The Morgan fingerprint density at radius 3 is 2.74 bits per heavy atom. The Balaban J connectivity index is 1.68. The second-order valence-electron chi connectivity index (χ2n) is 6.76. The van der Waals surface area contributed by atoms with Crippen molar-refractivity contribution in [2.45, 2.75) is 38.1 Å². The van der Waals surface area contributed by atoms with Crippen LogP contribution in [0.3, 0.4) is 0 Å². The van der Waals surface area contributed by atoms with E-state index in [1.807, 2.05) is 23.6 Å². The number of carbonyl (C=O) groups is 2. The summed E-state index contributed by atoms with van der Waals surface area (Å²) in [6.45, 7) is 0. The van der Waals surface area contributed by atoms with Gasteiger partial charge < -0.3 is 5.11 Å². The van der Waals surface area contributed by atoms with E-state index >= 15 is 0 Å². The van der Waals surface area contributed by atoms with Gasteiger partial charge in [-0.2, -0.15) is 5.10 Å². The summed E-state index contributed by atoms with van der Waals surface area (Å²) in [7, 11) is 0. The Labute approximate surface area is 165 Å². The van der Waals surface area contributed by atoms with Gasteiger partial charge in [-0.05, 0) is 53.8 Å². The van der Waals surface area contributed by atoms with Crippen LogP contribution in [0, 0.1) is 5.92 Å². The molecule has 0 radical (unpaired) electrons. The summed E-state index contributed by atoms with van der Waals surface area (Å²) in [6.07, 6.45) is 5.02. The molecule has 27 heavy (non-hydrogen) atoms. The first-order valence-electron chi connectivity index (χ1n) is 9.03. The number of carboxylic acid groups (broad SMARTS) is 1. The highest BCUT2D eigenvalue weighted by molar-refractivity contribution is 7.11. The molecule has 1 saturated carbocycles. The lowest BCUT2D eigenvalue weighted by Crippen LogP contribution is -2.31. The van der Waals surface area contributed by atoms with Crippen molar-refractivity contribution in [3.05, 3.63) is 50.4 Å². The minimum Gasteiger partial charge on any atom is -0.481 e. The molecule has 1 aliphatic carbocycles. The number of rotatable bonds is 5. The zero-order valence-corrected chi connectivity index (χ0v) is 16.3. The topological polar surface area (TPSA) is 70.0 Å². The van der Waals surface area contributed by atoms with E-state index in [0.29, 0.717) is 0 Å². The number of amides is 1. The van der Waals surface area contributed by atoms with Gasteiger partial charge in [0.25, 0.3) is 0 Å². The Hall–Kier alpha value is -2.25. The number of hydrogen-bond donors (Lipinski definition) is 1. The molecule has 3 heterocycles. The number of carboxylic acids is 1. The van der Waals surface area contributed by atoms with Crippen LogP contribution in [-0.4, -0.2) is 27.7 Å². The number of hydrazone groups is 1. The number of aliphatic carboxylic acids is 1. The van der Waals surface area contributed by atoms with Gasteiger partial charge in [-0.3, -0.25) is 9.59 Å². The van der Waals surface area contributed by atoms with E-state index in [1.165, 1.54) is 10.5 Å². The average Bonchev–Trinajstić information content (AvgIpc) is 3.39. The molecule has 7 heteroatoms. The minimum absolute atomic E-state index is 0.0231. The van der Waals surface area contributed by atoms with Crippen molar-refractivity contribution < 1.29 is 14.7 Å². The lowest BCUT2D eigenvalue weighted by molar-refractivity contribution is -0.141. The van der Waals surface area contributed by atoms with Crippen LogP contribution >= 0.6 is 22.7 Å². The number of fused-ring (bicyclic) bond motifs is 1. The van der Waals surface area contributed by atoms with E-state index < -0.39 is 5.97 Å². The maximum absolute atomic E-state index is 12.8. The molecule has 1 N–H and O–H groups in total. The minimum atomic E-state index is -0.960. The van der Waals surface area contributed by atoms with Gasteiger partial charge in [0, 0.05) is 22.1 Å². The van der Waals surface area contributed by atoms with E-state index in [9.17, 15) is 9.59 Å². The van der Waals surface area contributed by atoms with E-state index in [-0.39, 0.29) is 30.7 Å². The monoisotopic (exact) mass is 400 g/mol. The molecule has 0 unspecified atom stereocenters. The molecule has 2 aromatic heterocycles. The van der Waals surface area contributed by atoms with Crippen molar-refractivity contribution in [3.63, 3.8) is 0 Å². The highest BCUT2D eigenvalue weighted by Gasteiger charge is 2.44. The van der Waals surface area contributed by atoms with Gasteiger partial charge in [0.1, 0.15) is 0 Å². The zero-order chi connectivity index (χ0) is 18.8. The maximum Gasteiger partial charge on any atom is 0.303 e. The Morgan fingerprint density at radius 2 is 2.04 bits per heavy atom. The van der Waals surface area contributed by atoms with Crippen LogP contribution in [0.2, 0.25) is 0 Å². The molecule has 5 nitrogen and oxygen atoms in total. The van der Waals surface area contributed by atoms with Gasteiger partial charge >= 0.3 is 5.97 Å². The molecule has 140 valence electrons. The molecule has 0 bridgehead atoms. The van der Waals surface area contributed by atoms with Crippen LogP contribution in [0.15, 0.2) is 45.7 Å². The summed E-state index contributed by atoms with van der Waals surface area (Å²) in [6, 6.07) is 8.03. The van der Waals surface area contributed by atoms with Gasteiger partial charge in [0.15, 0.2) is 0 Å². The van der Waals surface area contributed by atoms with Gasteiger partial charge in [-0.1, -0.05) is 12.1 Å². The molecule has 2 aromatic rings. The van der Waals surface area contributed by atoms with E-state index in [4.69, 9.17) is 10.2 Å². The summed E-state index contributed by atoms with van der Waals surface area (Å²) < 4.78 is 0. The lowest BCUT2D eigenvalue weighted by Gasteiger charge is -2.28. The van der Waals surface area contributed by atoms with Crippen LogP contribution in [0.1, 0.15) is 47.9 Å². The second kappa shape index (κ2) is 7.78. The lowest BCUT2D eigenvalue weighted by atomic mass is 9.79. The van der Waals surface area contributed by atoms with Gasteiger partial charge in [-0.25, -0.2) is 5.01 Å².